The van der Waals surface area contributed by atoms with Gasteiger partial charge in [0.05, 0.1) is 41.7 Å². The van der Waals surface area contributed by atoms with Crippen LogP contribution in [0.4, 0.5) is 8.78 Å². The van der Waals surface area contributed by atoms with E-state index in [0.29, 0.717) is 42.8 Å². The van der Waals surface area contributed by atoms with Crippen molar-refractivity contribution in [2.24, 2.45) is 7.05 Å². The Morgan fingerprint density at radius 2 is 1.92 bits per heavy atom. The van der Waals surface area contributed by atoms with E-state index in [1.165, 1.54) is 0 Å². The van der Waals surface area contributed by atoms with Crippen LogP contribution in [0.5, 0.6) is 0 Å². The van der Waals surface area contributed by atoms with E-state index >= 15 is 8.78 Å². The smallest absolute Gasteiger partial charge is 0.267 e. The summed E-state index contributed by atoms with van der Waals surface area (Å²) >= 11 is 0. The lowest BCUT2D eigenvalue weighted by Crippen LogP contribution is -2.53. The molecule has 3 saturated heterocycles. The van der Waals surface area contributed by atoms with Crippen molar-refractivity contribution in [2.45, 2.75) is 62.4 Å². The number of carbonyl (C=O) groups excluding carboxylic acids is 3. The van der Waals surface area contributed by atoms with Crippen molar-refractivity contribution in [3.8, 4) is 0 Å². The highest BCUT2D eigenvalue weighted by Gasteiger charge is 2.46. The highest BCUT2D eigenvalue weighted by atomic mass is 19.3. The molecule has 3 aliphatic heterocycles. The minimum absolute atomic E-state index is 0.0118. The molecule has 0 aliphatic carbocycles. The molecule has 2 atom stereocenters. The molecule has 2 aromatic rings. The first-order valence-electron chi connectivity index (χ1n) is 13.2. The summed E-state index contributed by atoms with van der Waals surface area (Å²) in [7, 11) is 3.40. The van der Waals surface area contributed by atoms with Gasteiger partial charge in [-0.2, -0.15) is 5.10 Å². The summed E-state index contributed by atoms with van der Waals surface area (Å²) < 4.78 is 38.0. The number of aryl methyl sites for hydroxylation is 1. The summed E-state index contributed by atoms with van der Waals surface area (Å²) in [6.07, 6.45) is 2.30. The first-order chi connectivity index (χ1) is 18.0. The number of benzene rings is 1. The zero-order chi connectivity index (χ0) is 27.2. The number of amides is 3. The maximum absolute atomic E-state index is 15.4. The second-order valence-electron chi connectivity index (χ2n) is 11.1. The summed E-state index contributed by atoms with van der Waals surface area (Å²) in [6, 6.07) is 5.18. The number of imide groups is 1. The van der Waals surface area contributed by atoms with Crippen molar-refractivity contribution >= 4 is 28.6 Å². The summed E-state index contributed by atoms with van der Waals surface area (Å²) in [5.41, 5.74) is 1.51. The second-order valence-corrected chi connectivity index (χ2v) is 11.1. The van der Waals surface area contributed by atoms with Crippen LogP contribution in [0.1, 0.15) is 62.1 Å². The Morgan fingerprint density at radius 1 is 1.18 bits per heavy atom. The van der Waals surface area contributed by atoms with E-state index in [1.54, 1.807) is 46.8 Å². The topological polar surface area (TPSA) is 96.8 Å². The molecule has 11 heteroatoms. The fraction of sp³-hybridized carbons (Fsp3) is 0.630. The van der Waals surface area contributed by atoms with Gasteiger partial charge in [0.1, 0.15) is 0 Å². The number of aromatic nitrogens is 2. The second kappa shape index (κ2) is 10.00. The molecule has 0 saturated carbocycles. The highest BCUT2D eigenvalue weighted by Crippen LogP contribution is 2.42. The number of ether oxygens (including phenoxy) is 1. The number of methoxy groups -OCH3 is 1. The first kappa shape index (κ1) is 26.7. The Labute approximate surface area is 220 Å². The number of alkyl halides is 2. The third-order valence-corrected chi connectivity index (χ3v) is 8.58. The molecule has 1 aromatic carbocycles. The van der Waals surface area contributed by atoms with Crippen molar-refractivity contribution in [3.63, 3.8) is 0 Å². The van der Waals surface area contributed by atoms with Crippen LogP contribution in [0.25, 0.3) is 10.9 Å². The van der Waals surface area contributed by atoms with Gasteiger partial charge in [0.25, 0.3) is 5.92 Å². The van der Waals surface area contributed by atoms with Crippen molar-refractivity contribution in [2.75, 3.05) is 39.8 Å². The van der Waals surface area contributed by atoms with Crippen LogP contribution in [0.3, 0.4) is 0 Å². The fourth-order valence-corrected chi connectivity index (χ4v) is 6.01. The lowest BCUT2D eigenvalue weighted by atomic mass is 9.85. The van der Waals surface area contributed by atoms with Gasteiger partial charge >= 0.3 is 0 Å². The molecule has 0 radical (unpaired) electrons. The number of piperidine rings is 3. The van der Waals surface area contributed by atoms with Gasteiger partial charge in [0.15, 0.2) is 0 Å². The Morgan fingerprint density at radius 3 is 2.58 bits per heavy atom. The maximum atomic E-state index is 15.4. The average molecular weight is 532 g/mol. The van der Waals surface area contributed by atoms with Crippen molar-refractivity contribution in [3.05, 3.63) is 29.5 Å². The number of hydrogen-bond donors (Lipinski definition) is 1. The van der Waals surface area contributed by atoms with E-state index in [0.717, 1.165) is 18.2 Å². The molecule has 1 N–H and O–H groups in total. The molecule has 3 amide bonds. The number of hydrogen-bond acceptors (Lipinski definition) is 6. The number of nitrogens with zero attached hydrogens (tertiary/aromatic N) is 4. The molecule has 3 aliphatic rings. The van der Waals surface area contributed by atoms with Gasteiger partial charge in [-0.15, -0.1) is 0 Å². The minimum Gasteiger partial charge on any atom is -0.378 e. The van der Waals surface area contributed by atoms with Crippen LogP contribution < -0.4 is 5.32 Å². The fourth-order valence-electron chi connectivity index (χ4n) is 6.01. The lowest BCUT2D eigenvalue weighted by molar-refractivity contribution is -0.141. The van der Waals surface area contributed by atoms with Gasteiger partial charge in [-0.1, -0.05) is 12.1 Å². The van der Waals surface area contributed by atoms with Crippen LogP contribution in [0.2, 0.25) is 0 Å². The summed E-state index contributed by atoms with van der Waals surface area (Å²) in [6.45, 7) is 3.09. The number of fused-ring (bicyclic) bond motifs is 1. The first-order valence-corrected chi connectivity index (χ1v) is 13.2. The van der Waals surface area contributed by atoms with E-state index in [-0.39, 0.29) is 42.7 Å². The predicted octanol–water partition coefficient (Wildman–Crippen LogP) is 2.55. The molecular weight excluding hydrogens is 496 g/mol. The molecule has 0 spiro atoms. The van der Waals surface area contributed by atoms with Gasteiger partial charge in [-0.25, -0.2) is 8.78 Å². The van der Waals surface area contributed by atoms with Crippen LogP contribution in [0.15, 0.2) is 18.2 Å². The lowest BCUT2D eigenvalue weighted by Gasteiger charge is -2.41. The zero-order valence-corrected chi connectivity index (χ0v) is 22.1. The molecule has 9 nitrogen and oxygen atoms in total. The molecule has 38 heavy (non-hydrogen) atoms. The maximum Gasteiger partial charge on any atom is 0.267 e. The largest absolute Gasteiger partial charge is 0.378 e. The van der Waals surface area contributed by atoms with Gasteiger partial charge in [0, 0.05) is 39.1 Å². The molecule has 3 fully saturated rings. The van der Waals surface area contributed by atoms with Crippen LogP contribution in [-0.4, -0.2) is 88.7 Å². The summed E-state index contributed by atoms with van der Waals surface area (Å²) in [4.78, 5) is 40.1. The van der Waals surface area contributed by atoms with Crippen LogP contribution in [0, 0.1) is 0 Å². The number of carbonyl (C=O) groups is 3. The molecule has 1 aromatic heterocycles. The Hall–Kier alpha value is -2.92. The SMILES string of the molecule is COC1(C)CCN(C(=O)CN2CCC(c3ccc4c(C5CCC(=O)NC5=O)nn(C)c4c3)C(F)(F)C2)CC1. The third kappa shape index (κ3) is 5.05. The molecule has 4 heterocycles. The number of halogens is 2. The Bertz CT molecular complexity index is 1250. The van der Waals surface area contributed by atoms with Gasteiger partial charge in [-0.05, 0) is 50.8 Å². The third-order valence-electron chi connectivity index (χ3n) is 8.58. The normalized spacial score (nSPS) is 26.0. The zero-order valence-electron chi connectivity index (χ0n) is 22.1. The molecule has 0 bridgehead atoms. The van der Waals surface area contributed by atoms with Gasteiger partial charge < -0.3 is 9.64 Å². The van der Waals surface area contributed by atoms with E-state index < -0.39 is 24.3 Å². The molecular formula is C27H35F2N5O4. The van der Waals surface area contributed by atoms with Crippen molar-refractivity contribution in [1.82, 2.24) is 24.9 Å². The standard InChI is InChI=1S/C27H35F2N5O4/c1-26(38-3)9-12-34(13-10-26)23(36)15-33-11-8-20(27(28,29)16-33)17-4-5-18-21(14-17)32(2)31-24(18)19-6-7-22(35)30-25(19)37/h4-5,14,19-20H,6-13,15-16H2,1-3H3,(H,30,35,37). The van der Waals surface area contributed by atoms with E-state index in [1.807, 2.05) is 6.92 Å². The number of nitrogens with one attached hydrogen (secondary N) is 1. The predicted molar refractivity (Wildman–Crippen MR) is 136 cm³/mol. The Kier molecular flexibility index (Phi) is 7.02. The van der Waals surface area contributed by atoms with Crippen LogP contribution >= 0.6 is 0 Å². The van der Waals surface area contributed by atoms with E-state index in [4.69, 9.17) is 4.74 Å². The molecule has 206 valence electrons. The Balaban J connectivity index is 1.27. The quantitative estimate of drug-likeness (QED) is 0.596. The van der Waals surface area contributed by atoms with E-state index in [2.05, 4.69) is 10.4 Å². The van der Waals surface area contributed by atoms with E-state index in [9.17, 15) is 14.4 Å². The highest BCUT2D eigenvalue weighted by molar-refractivity contribution is 6.02. The van der Waals surface area contributed by atoms with Gasteiger partial charge in [0.2, 0.25) is 17.7 Å². The minimum atomic E-state index is -3.01. The number of likely N-dealkylation sites (tertiary alicyclic amines) is 2. The number of rotatable bonds is 5. The monoisotopic (exact) mass is 531 g/mol. The summed E-state index contributed by atoms with van der Waals surface area (Å²) in [5.74, 6) is -5.33. The summed E-state index contributed by atoms with van der Waals surface area (Å²) in [5, 5.41) is 7.60. The van der Waals surface area contributed by atoms with Crippen LogP contribution in [-0.2, 0) is 26.2 Å². The molecule has 2 unspecified atom stereocenters. The van der Waals surface area contributed by atoms with Crippen molar-refractivity contribution < 1.29 is 27.9 Å². The molecule has 5 rings (SSSR count). The van der Waals surface area contributed by atoms with Crippen molar-refractivity contribution in [1.29, 1.82) is 0 Å². The average Bonchev–Trinajstić information content (AvgIpc) is 3.19. The van der Waals surface area contributed by atoms with Gasteiger partial charge in [-0.3, -0.25) is 29.3 Å².